The van der Waals surface area contributed by atoms with Crippen LogP contribution in [0.4, 0.5) is 5.69 Å². The van der Waals surface area contributed by atoms with Gasteiger partial charge >= 0.3 is 0 Å². The van der Waals surface area contributed by atoms with Crippen LogP contribution in [0.25, 0.3) is 0 Å². The van der Waals surface area contributed by atoms with Crippen molar-refractivity contribution in [2.45, 2.75) is 24.8 Å². The summed E-state index contributed by atoms with van der Waals surface area (Å²) in [5.41, 5.74) is 0.559. The molecule has 92 valence electrons. The summed E-state index contributed by atoms with van der Waals surface area (Å²) in [5, 5.41) is 2.97. The number of sulfonamides is 1. The van der Waals surface area contributed by atoms with Gasteiger partial charge < -0.3 is 5.32 Å². The molecule has 7 heteroatoms. The highest BCUT2D eigenvalue weighted by Crippen LogP contribution is 2.26. The zero-order chi connectivity index (χ0) is 12.6. The molecule has 17 heavy (non-hydrogen) atoms. The van der Waals surface area contributed by atoms with Crippen molar-refractivity contribution in [2.24, 2.45) is 4.99 Å². The standard InChI is InChI=1S/C10H12IN3O2S/c1-6(2)12-10-13-8-4-3-7(11)5-9(8)17(15,16)14-10/h3-6H,1-2H3,(H2,12,13,14). The van der Waals surface area contributed by atoms with Crippen LogP contribution in [-0.4, -0.2) is 20.4 Å². The van der Waals surface area contributed by atoms with Crippen LogP contribution in [-0.2, 0) is 10.0 Å². The number of nitrogens with zero attached hydrogens (tertiary/aromatic N) is 1. The maximum Gasteiger partial charge on any atom is 0.266 e. The fourth-order valence-corrected chi connectivity index (χ4v) is 3.34. The third-order valence-corrected chi connectivity index (χ3v) is 4.15. The Morgan fingerprint density at radius 3 is 2.71 bits per heavy atom. The van der Waals surface area contributed by atoms with E-state index >= 15 is 0 Å². The number of hydrogen-bond acceptors (Lipinski definition) is 3. The SMILES string of the molecule is CC(C)N=C1Nc2ccc(I)cc2S(=O)(=O)N1. The Labute approximate surface area is 114 Å². The minimum Gasteiger partial charge on any atom is -0.324 e. The number of halogens is 1. The molecule has 1 heterocycles. The summed E-state index contributed by atoms with van der Waals surface area (Å²) in [4.78, 5) is 4.42. The zero-order valence-electron chi connectivity index (χ0n) is 9.36. The third kappa shape index (κ3) is 2.71. The summed E-state index contributed by atoms with van der Waals surface area (Å²) in [6, 6.07) is 5.23. The Bertz CT molecular complexity index is 581. The topological polar surface area (TPSA) is 70.6 Å². The number of nitrogens with one attached hydrogen (secondary N) is 2. The normalized spacial score (nSPS) is 19.6. The summed E-state index contributed by atoms with van der Waals surface area (Å²) >= 11 is 2.08. The fourth-order valence-electron chi connectivity index (χ4n) is 1.47. The predicted octanol–water partition coefficient (Wildman–Crippen LogP) is 1.76. The van der Waals surface area contributed by atoms with Crippen LogP contribution >= 0.6 is 22.6 Å². The molecule has 2 rings (SSSR count). The summed E-state index contributed by atoms with van der Waals surface area (Å²) < 4.78 is 27.3. The summed E-state index contributed by atoms with van der Waals surface area (Å²) in [5.74, 6) is 0.272. The first-order valence-electron chi connectivity index (χ1n) is 5.06. The van der Waals surface area contributed by atoms with E-state index in [9.17, 15) is 8.42 Å². The van der Waals surface area contributed by atoms with Crippen LogP contribution in [0.5, 0.6) is 0 Å². The first-order chi connectivity index (χ1) is 7.88. The fraction of sp³-hybridized carbons (Fsp3) is 0.300. The third-order valence-electron chi connectivity index (χ3n) is 2.10. The Balaban J connectivity index is 2.52. The van der Waals surface area contributed by atoms with Gasteiger partial charge in [0.2, 0.25) is 5.96 Å². The molecule has 5 nitrogen and oxygen atoms in total. The Hall–Kier alpha value is -0.830. The molecule has 1 aromatic rings. The molecule has 0 spiro atoms. The van der Waals surface area contributed by atoms with Gasteiger partial charge in [0.05, 0.1) is 5.69 Å². The smallest absolute Gasteiger partial charge is 0.266 e. The van der Waals surface area contributed by atoms with Crippen molar-refractivity contribution in [3.05, 3.63) is 21.8 Å². The second-order valence-electron chi connectivity index (χ2n) is 3.94. The number of hydrogen-bond donors (Lipinski definition) is 2. The van der Waals surface area contributed by atoms with Gasteiger partial charge in [-0.05, 0) is 54.6 Å². The number of aliphatic imine (C=N–C) groups is 1. The molecule has 1 aromatic carbocycles. The highest BCUT2D eigenvalue weighted by atomic mass is 127. The molecule has 0 saturated carbocycles. The first-order valence-corrected chi connectivity index (χ1v) is 7.62. The average Bonchev–Trinajstić information content (AvgIpc) is 2.17. The zero-order valence-corrected chi connectivity index (χ0v) is 12.3. The molecule has 0 aliphatic carbocycles. The van der Waals surface area contributed by atoms with E-state index in [1.54, 1.807) is 12.1 Å². The van der Waals surface area contributed by atoms with E-state index in [0.29, 0.717) is 5.69 Å². The average molecular weight is 365 g/mol. The van der Waals surface area contributed by atoms with E-state index in [-0.39, 0.29) is 16.9 Å². The summed E-state index contributed by atoms with van der Waals surface area (Å²) in [6.07, 6.45) is 0. The van der Waals surface area contributed by atoms with Gasteiger partial charge in [0, 0.05) is 9.61 Å². The van der Waals surface area contributed by atoms with E-state index in [4.69, 9.17) is 0 Å². The molecule has 2 N–H and O–H groups in total. The van der Waals surface area contributed by atoms with Crippen LogP contribution in [0.15, 0.2) is 28.1 Å². The van der Waals surface area contributed by atoms with E-state index < -0.39 is 10.0 Å². The summed E-state index contributed by atoms with van der Waals surface area (Å²) in [7, 11) is -3.51. The minimum absolute atomic E-state index is 0.0191. The number of fused-ring (bicyclic) bond motifs is 1. The Morgan fingerprint density at radius 1 is 1.35 bits per heavy atom. The molecule has 0 fully saturated rings. The Morgan fingerprint density at radius 2 is 2.06 bits per heavy atom. The van der Waals surface area contributed by atoms with Gasteiger partial charge in [-0.25, -0.2) is 18.1 Å². The molecule has 1 aliphatic rings. The van der Waals surface area contributed by atoms with Crippen LogP contribution in [0.1, 0.15) is 13.8 Å². The lowest BCUT2D eigenvalue weighted by molar-refractivity contribution is 0.591. The van der Waals surface area contributed by atoms with E-state index in [1.807, 2.05) is 19.9 Å². The largest absolute Gasteiger partial charge is 0.324 e. The van der Waals surface area contributed by atoms with Crippen molar-refractivity contribution in [3.63, 3.8) is 0 Å². The number of rotatable bonds is 1. The minimum atomic E-state index is -3.51. The van der Waals surface area contributed by atoms with Crippen LogP contribution in [0, 0.1) is 3.57 Å². The molecule has 0 amide bonds. The molecular formula is C10H12IN3O2S. The molecule has 0 atom stereocenters. The van der Waals surface area contributed by atoms with Crippen molar-refractivity contribution >= 4 is 44.3 Å². The molecule has 0 bridgehead atoms. The van der Waals surface area contributed by atoms with Gasteiger partial charge in [0.25, 0.3) is 10.0 Å². The second kappa shape index (κ2) is 4.45. The van der Waals surface area contributed by atoms with Crippen molar-refractivity contribution < 1.29 is 8.42 Å². The highest BCUT2D eigenvalue weighted by Gasteiger charge is 2.26. The van der Waals surface area contributed by atoms with Crippen molar-refractivity contribution in [1.29, 1.82) is 0 Å². The maximum absolute atomic E-state index is 12.0. The van der Waals surface area contributed by atoms with Gasteiger partial charge in [-0.2, -0.15) is 0 Å². The van der Waals surface area contributed by atoms with Crippen molar-refractivity contribution in [3.8, 4) is 0 Å². The second-order valence-corrected chi connectivity index (χ2v) is 6.84. The molecule has 1 aliphatic heterocycles. The Kier molecular flexibility index (Phi) is 3.30. The van der Waals surface area contributed by atoms with Gasteiger partial charge in [-0.3, -0.25) is 0 Å². The monoisotopic (exact) mass is 365 g/mol. The number of anilines is 1. The number of guanidine groups is 1. The van der Waals surface area contributed by atoms with Gasteiger partial charge in [0.15, 0.2) is 0 Å². The highest BCUT2D eigenvalue weighted by molar-refractivity contribution is 14.1. The van der Waals surface area contributed by atoms with Gasteiger partial charge in [-0.1, -0.05) is 0 Å². The van der Waals surface area contributed by atoms with E-state index in [0.717, 1.165) is 3.57 Å². The quantitative estimate of drug-likeness (QED) is 0.746. The lowest BCUT2D eigenvalue weighted by Gasteiger charge is -2.22. The van der Waals surface area contributed by atoms with E-state index in [1.165, 1.54) is 0 Å². The van der Waals surface area contributed by atoms with Gasteiger partial charge in [-0.15, -0.1) is 0 Å². The summed E-state index contributed by atoms with van der Waals surface area (Å²) in [6.45, 7) is 3.76. The van der Waals surface area contributed by atoms with Crippen molar-refractivity contribution in [1.82, 2.24) is 4.72 Å². The molecule has 0 saturated heterocycles. The number of benzene rings is 1. The molecule has 0 unspecified atom stereocenters. The lowest BCUT2D eigenvalue weighted by Crippen LogP contribution is -2.41. The van der Waals surface area contributed by atoms with Crippen LogP contribution < -0.4 is 10.0 Å². The maximum atomic E-state index is 12.0. The molecule has 0 aromatic heterocycles. The first kappa shape index (κ1) is 12.6. The predicted molar refractivity (Wildman–Crippen MR) is 75.7 cm³/mol. The molecule has 0 radical (unpaired) electrons. The lowest BCUT2D eigenvalue weighted by atomic mass is 10.3. The molecular weight excluding hydrogens is 353 g/mol. The van der Waals surface area contributed by atoms with Crippen LogP contribution in [0.3, 0.4) is 0 Å². The van der Waals surface area contributed by atoms with Crippen LogP contribution in [0.2, 0.25) is 0 Å². The van der Waals surface area contributed by atoms with E-state index in [2.05, 4.69) is 37.6 Å². The van der Waals surface area contributed by atoms with Gasteiger partial charge in [0.1, 0.15) is 4.90 Å². The van der Waals surface area contributed by atoms with Crippen molar-refractivity contribution in [2.75, 3.05) is 5.32 Å².